The molecule has 2 N–H and O–H groups in total. The number of anilines is 1. The van der Waals surface area contributed by atoms with Gasteiger partial charge in [-0.3, -0.25) is 10.2 Å². The molecule has 2 rings (SSSR count). The molecule has 7 heteroatoms. The van der Waals surface area contributed by atoms with E-state index in [0.29, 0.717) is 29.6 Å². The summed E-state index contributed by atoms with van der Waals surface area (Å²) in [5.74, 6) is 1.18. The Bertz CT molecular complexity index is 496. The summed E-state index contributed by atoms with van der Waals surface area (Å²) in [6, 6.07) is 0.177. The van der Waals surface area contributed by atoms with Crippen LogP contribution >= 0.6 is 11.3 Å². The fourth-order valence-electron chi connectivity index (χ4n) is 2.78. The van der Waals surface area contributed by atoms with Gasteiger partial charge in [-0.15, -0.1) is 10.2 Å². The second-order valence-corrected chi connectivity index (χ2v) is 7.57. The zero-order chi connectivity index (χ0) is 16.8. The third-order valence-electron chi connectivity index (χ3n) is 4.16. The zero-order valence-electron chi connectivity index (χ0n) is 14.6. The maximum atomic E-state index is 12.1. The standard InChI is InChI=1S/C16H29N5OS/c1-5-21(6-2)13(9-11(3)4)10-17-15(22)18-16-20-19-14(23-16)12-7-8-12/h11-13H,5-10H2,1-4H3,(H2,17,18,20,22)/t13-/m1/s1. The summed E-state index contributed by atoms with van der Waals surface area (Å²) < 4.78 is 0. The summed E-state index contributed by atoms with van der Waals surface area (Å²) in [5.41, 5.74) is 0. The molecular formula is C16H29N5OS. The van der Waals surface area contributed by atoms with Crippen molar-refractivity contribution >= 4 is 22.5 Å². The molecule has 0 aromatic carbocycles. The van der Waals surface area contributed by atoms with E-state index in [0.717, 1.165) is 24.5 Å². The molecule has 0 radical (unpaired) electrons. The molecule has 1 heterocycles. The van der Waals surface area contributed by atoms with E-state index in [1.54, 1.807) is 0 Å². The number of carbonyl (C=O) groups excluding carboxylic acids is 1. The SMILES string of the molecule is CCN(CC)[C@@H](CNC(=O)Nc1nnc(C2CC2)s1)CC(C)C. The molecule has 0 aliphatic heterocycles. The Hall–Kier alpha value is -1.21. The first kappa shape index (κ1) is 18.1. The summed E-state index contributed by atoms with van der Waals surface area (Å²) in [5, 5.41) is 15.6. The number of likely N-dealkylation sites (N-methyl/N-ethyl adjacent to an activating group) is 1. The van der Waals surface area contributed by atoms with Crippen LogP contribution in [0.15, 0.2) is 0 Å². The lowest BCUT2D eigenvalue weighted by Gasteiger charge is -2.31. The minimum Gasteiger partial charge on any atom is -0.336 e. The molecule has 1 atom stereocenters. The van der Waals surface area contributed by atoms with E-state index < -0.39 is 0 Å². The Morgan fingerprint density at radius 1 is 1.30 bits per heavy atom. The van der Waals surface area contributed by atoms with Crippen molar-refractivity contribution in [3.8, 4) is 0 Å². The molecule has 1 saturated carbocycles. The van der Waals surface area contributed by atoms with E-state index >= 15 is 0 Å². The molecule has 0 saturated heterocycles. The maximum Gasteiger partial charge on any atom is 0.321 e. The smallest absolute Gasteiger partial charge is 0.321 e. The summed E-state index contributed by atoms with van der Waals surface area (Å²) in [4.78, 5) is 14.5. The molecule has 2 amide bonds. The highest BCUT2D eigenvalue weighted by Crippen LogP contribution is 2.41. The first-order chi connectivity index (χ1) is 11.0. The highest BCUT2D eigenvalue weighted by molar-refractivity contribution is 7.15. The fraction of sp³-hybridized carbons (Fsp3) is 0.812. The summed E-state index contributed by atoms with van der Waals surface area (Å²) >= 11 is 1.49. The molecule has 0 spiro atoms. The van der Waals surface area contributed by atoms with Gasteiger partial charge in [0.2, 0.25) is 5.13 Å². The van der Waals surface area contributed by atoms with E-state index in [4.69, 9.17) is 0 Å². The second-order valence-electron chi connectivity index (χ2n) is 6.56. The summed E-state index contributed by atoms with van der Waals surface area (Å²) in [7, 11) is 0. The van der Waals surface area contributed by atoms with Gasteiger partial charge in [0.25, 0.3) is 0 Å². The highest BCUT2D eigenvalue weighted by atomic mass is 32.1. The molecule has 0 bridgehead atoms. The number of hydrogen-bond donors (Lipinski definition) is 2. The number of rotatable bonds is 9. The number of nitrogens with one attached hydrogen (secondary N) is 2. The maximum absolute atomic E-state index is 12.1. The van der Waals surface area contributed by atoms with Crippen LogP contribution in [0.4, 0.5) is 9.93 Å². The van der Waals surface area contributed by atoms with Crippen molar-refractivity contribution < 1.29 is 4.79 Å². The summed E-state index contributed by atoms with van der Waals surface area (Å²) in [6.45, 7) is 11.4. The van der Waals surface area contributed by atoms with E-state index in [1.807, 2.05) is 0 Å². The molecular weight excluding hydrogens is 310 g/mol. The molecule has 1 aromatic heterocycles. The first-order valence-electron chi connectivity index (χ1n) is 8.65. The van der Waals surface area contributed by atoms with Crippen molar-refractivity contribution in [1.82, 2.24) is 20.4 Å². The van der Waals surface area contributed by atoms with Crippen LogP contribution in [0.2, 0.25) is 0 Å². The average molecular weight is 340 g/mol. The molecule has 1 aliphatic rings. The first-order valence-corrected chi connectivity index (χ1v) is 9.47. The number of amides is 2. The van der Waals surface area contributed by atoms with Gasteiger partial charge in [0, 0.05) is 18.5 Å². The van der Waals surface area contributed by atoms with E-state index in [2.05, 4.69) is 53.4 Å². The third-order valence-corrected chi connectivity index (χ3v) is 5.16. The highest BCUT2D eigenvalue weighted by Gasteiger charge is 2.27. The molecule has 1 aromatic rings. The van der Waals surface area contributed by atoms with E-state index in [9.17, 15) is 4.79 Å². The van der Waals surface area contributed by atoms with Gasteiger partial charge >= 0.3 is 6.03 Å². The number of hydrogen-bond acceptors (Lipinski definition) is 5. The lowest BCUT2D eigenvalue weighted by molar-refractivity contribution is 0.186. The van der Waals surface area contributed by atoms with Crippen LogP contribution in [0.5, 0.6) is 0 Å². The largest absolute Gasteiger partial charge is 0.336 e. The van der Waals surface area contributed by atoms with Crippen LogP contribution in [0.25, 0.3) is 0 Å². The Balaban J connectivity index is 1.81. The van der Waals surface area contributed by atoms with Gasteiger partial charge in [-0.25, -0.2) is 4.79 Å². The van der Waals surface area contributed by atoms with E-state index in [1.165, 1.54) is 24.2 Å². The van der Waals surface area contributed by atoms with Crippen molar-refractivity contribution in [3.63, 3.8) is 0 Å². The van der Waals surface area contributed by atoms with E-state index in [-0.39, 0.29) is 6.03 Å². The van der Waals surface area contributed by atoms with Gasteiger partial charge in [-0.1, -0.05) is 39.0 Å². The van der Waals surface area contributed by atoms with Gasteiger partial charge in [0.15, 0.2) is 0 Å². The van der Waals surface area contributed by atoms with Crippen molar-refractivity contribution in [2.45, 2.75) is 58.9 Å². The normalized spacial score (nSPS) is 15.9. The third kappa shape index (κ3) is 5.73. The van der Waals surface area contributed by atoms with Crippen molar-refractivity contribution in [2.24, 2.45) is 5.92 Å². The minimum atomic E-state index is -0.190. The van der Waals surface area contributed by atoms with Gasteiger partial charge < -0.3 is 5.32 Å². The Kier molecular flexibility index (Phi) is 6.77. The molecule has 1 aliphatic carbocycles. The van der Waals surface area contributed by atoms with Crippen molar-refractivity contribution in [3.05, 3.63) is 5.01 Å². The quantitative estimate of drug-likeness (QED) is 0.724. The molecule has 0 unspecified atom stereocenters. The van der Waals surface area contributed by atoms with Crippen LogP contribution in [0, 0.1) is 5.92 Å². The predicted octanol–water partition coefficient (Wildman–Crippen LogP) is 3.29. The molecule has 23 heavy (non-hydrogen) atoms. The van der Waals surface area contributed by atoms with Crippen molar-refractivity contribution in [2.75, 3.05) is 25.0 Å². The lowest BCUT2D eigenvalue weighted by Crippen LogP contribution is -2.45. The number of nitrogens with zero attached hydrogens (tertiary/aromatic N) is 3. The second kappa shape index (κ2) is 8.59. The van der Waals surface area contributed by atoms with Crippen LogP contribution in [-0.2, 0) is 0 Å². The van der Waals surface area contributed by atoms with Crippen molar-refractivity contribution in [1.29, 1.82) is 0 Å². The number of urea groups is 1. The topological polar surface area (TPSA) is 70.2 Å². The van der Waals surface area contributed by atoms with Crippen LogP contribution in [-0.4, -0.2) is 46.8 Å². The van der Waals surface area contributed by atoms with Crippen LogP contribution in [0.3, 0.4) is 0 Å². The Labute approximate surface area is 143 Å². The van der Waals surface area contributed by atoms with Gasteiger partial charge in [-0.05, 0) is 38.3 Å². The number of carbonyl (C=O) groups is 1. The average Bonchev–Trinajstić information content (AvgIpc) is 3.26. The monoisotopic (exact) mass is 339 g/mol. The van der Waals surface area contributed by atoms with Crippen LogP contribution < -0.4 is 10.6 Å². The summed E-state index contributed by atoms with van der Waals surface area (Å²) in [6.07, 6.45) is 3.47. The zero-order valence-corrected chi connectivity index (χ0v) is 15.4. The van der Waals surface area contributed by atoms with Gasteiger partial charge in [-0.2, -0.15) is 0 Å². The fourth-order valence-corrected chi connectivity index (χ4v) is 3.69. The van der Waals surface area contributed by atoms with Gasteiger partial charge in [0.1, 0.15) is 5.01 Å². The molecule has 130 valence electrons. The molecule has 6 nitrogen and oxygen atoms in total. The Morgan fingerprint density at radius 2 is 2.00 bits per heavy atom. The predicted molar refractivity (Wildman–Crippen MR) is 95.1 cm³/mol. The molecule has 1 fully saturated rings. The Morgan fingerprint density at radius 3 is 2.57 bits per heavy atom. The van der Waals surface area contributed by atoms with Crippen LogP contribution in [0.1, 0.15) is 57.9 Å². The van der Waals surface area contributed by atoms with Gasteiger partial charge in [0.05, 0.1) is 0 Å². The lowest BCUT2D eigenvalue weighted by atomic mass is 10.0. The minimum absolute atomic E-state index is 0.190. The number of aromatic nitrogens is 2.